The van der Waals surface area contributed by atoms with Crippen LogP contribution in [0.5, 0.6) is 0 Å². The molecule has 2 aromatic carbocycles. The number of hydrogen-bond acceptors (Lipinski definition) is 8. The standard InChI is InChI=1S/C39H49N3O8/c1-6-8-15-31(44)40-28(24-48-5)34(27-13-10-9-11-14-27)49-38(47)32-30-18-19-39(50-30)33(32)36(45)42(21-12-22-43)35(39)37(46)41(20-7-2)29-23-25(3)16-17-26(29)4/h6-7,9-11,13-14,16-17,23,28,30,32-35,43H,1-2,8,12,15,18-22,24H2,3-5H3,(H,40,44)/t28-,30-,32+,33+,34-,35-,39+/m0/s1. The molecule has 0 aromatic heterocycles. The van der Waals surface area contributed by atoms with Gasteiger partial charge in [-0.25, -0.2) is 0 Å². The van der Waals surface area contributed by atoms with Gasteiger partial charge in [-0.1, -0.05) is 54.6 Å². The topological polar surface area (TPSA) is 135 Å². The van der Waals surface area contributed by atoms with Crippen LogP contribution in [0.4, 0.5) is 5.69 Å². The van der Waals surface area contributed by atoms with E-state index in [1.807, 2.05) is 62.4 Å². The number of methoxy groups -OCH3 is 1. The predicted octanol–water partition coefficient (Wildman–Crippen LogP) is 3.96. The first kappa shape index (κ1) is 36.9. The van der Waals surface area contributed by atoms with Gasteiger partial charge in [-0.15, -0.1) is 13.2 Å². The number of rotatable bonds is 17. The lowest BCUT2D eigenvalue weighted by Crippen LogP contribution is -2.56. The maximum absolute atomic E-state index is 14.8. The van der Waals surface area contributed by atoms with Crippen molar-refractivity contribution in [2.24, 2.45) is 11.8 Å². The molecule has 3 amide bonds. The number of aliphatic hydroxyl groups is 1. The fraction of sp³-hybridized carbons (Fsp3) is 0.487. The molecule has 0 aliphatic carbocycles. The van der Waals surface area contributed by atoms with E-state index in [4.69, 9.17) is 14.2 Å². The quantitative estimate of drug-likeness (QED) is 0.189. The highest BCUT2D eigenvalue weighted by atomic mass is 16.6. The second-order valence-electron chi connectivity index (χ2n) is 13.4. The average Bonchev–Trinajstić information content (AvgIpc) is 3.76. The molecule has 0 saturated carbocycles. The summed E-state index contributed by atoms with van der Waals surface area (Å²) >= 11 is 0. The Bertz CT molecular complexity index is 1580. The van der Waals surface area contributed by atoms with E-state index < -0.39 is 47.7 Å². The van der Waals surface area contributed by atoms with Gasteiger partial charge in [0.25, 0.3) is 5.91 Å². The van der Waals surface area contributed by atoms with Gasteiger partial charge in [-0.2, -0.15) is 0 Å². The Labute approximate surface area is 294 Å². The number of ether oxygens (including phenoxy) is 3. The summed E-state index contributed by atoms with van der Waals surface area (Å²) < 4.78 is 18.4. The van der Waals surface area contributed by atoms with Crippen LogP contribution >= 0.6 is 0 Å². The Kier molecular flexibility index (Phi) is 11.9. The number of allylic oxidation sites excluding steroid dienone is 1. The zero-order chi connectivity index (χ0) is 36.0. The van der Waals surface area contributed by atoms with E-state index >= 15 is 0 Å². The second-order valence-corrected chi connectivity index (χ2v) is 13.4. The third-order valence-electron chi connectivity index (χ3n) is 10.1. The number of carbonyl (C=O) groups is 4. The van der Waals surface area contributed by atoms with Gasteiger partial charge in [-0.3, -0.25) is 19.2 Å². The molecule has 3 aliphatic rings. The minimum Gasteiger partial charge on any atom is -0.455 e. The molecule has 11 heteroatoms. The van der Waals surface area contributed by atoms with Crippen LogP contribution in [0.3, 0.4) is 0 Å². The summed E-state index contributed by atoms with van der Waals surface area (Å²) in [6.45, 7) is 11.7. The molecule has 1 spiro atoms. The SMILES string of the molecule is C=CCCC(=O)N[C@@H](COC)[C@@H](OC(=O)[C@@H]1[C@@H]2CC[C@]3(O2)[C@H](C(=O)N(CC=C)c2cc(C)ccc2C)N(CCCO)C(=O)[C@@H]13)c1ccccc1. The molecule has 3 heterocycles. The normalized spacial score (nSPS) is 24.7. The van der Waals surface area contributed by atoms with Gasteiger partial charge in [0.1, 0.15) is 17.7 Å². The van der Waals surface area contributed by atoms with Gasteiger partial charge >= 0.3 is 5.97 Å². The molecule has 7 atom stereocenters. The van der Waals surface area contributed by atoms with Crippen molar-refractivity contribution in [1.29, 1.82) is 0 Å². The Morgan fingerprint density at radius 2 is 1.92 bits per heavy atom. The van der Waals surface area contributed by atoms with Crippen molar-refractivity contribution in [2.45, 2.75) is 75.8 Å². The van der Waals surface area contributed by atoms with Crippen LogP contribution in [0.15, 0.2) is 73.8 Å². The molecule has 2 bridgehead atoms. The number of carbonyl (C=O) groups excluding carboxylic acids is 4. The van der Waals surface area contributed by atoms with Crippen molar-refractivity contribution in [1.82, 2.24) is 10.2 Å². The zero-order valence-electron chi connectivity index (χ0n) is 29.2. The highest BCUT2D eigenvalue weighted by molar-refractivity contribution is 6.05. The smallest absolute Gasteiger partial charge is 0.313 e. The summed E-state index contributed by atoms with van der Waals surface area (Å²) in [5.74, 6) is -3.53. The lowest BCUT2D eigenvalue weighted by Gasteiger charge is -2.37. The molecule has 2 N–H and O–H groups in total. The summed E-state index contributed by atoms with van der Waals surface area (Å²) in [5, 5.41) is 12.7. The van der Waals surface area contributed by atoms with E-state index in [1.54, 1.807) is 17.1 Å². The van der Waals surface area contributed by atoms with E-state index in [2.05, 4.69) is 18.5 Å². The maximum Gasteiger partial charge on any atom is 0.313 e. The largest absolute Gasteiger partial charge is 0.455 e. The summed E-state index contributed by atoms with van der Waals surface area (Å²) in [4.78, 5) is 59.6. The van der Waals surface area contributed by atoms with Gasteiger partial charge in [0.15, 0.2) is 0 Å². The molecule has 3 fully saturated rings. The number of esters is 1. The molecular formula is C39H49N3O8. The summed E-state index contributed by atoms with van der Waals surface area (Å²) in [7, 11) is 1.50. The van der Waals surface area contributed by atoms with Gasteiger partial charge in [0.2, 0.25) is 11.8 Å². The fourth-order valence-corrected chi connectivity index (χ4v) is 7.90. The molecule has 3 aliphatic heterocycles. The molecule has 3 saturated heterocycles. The number of benzene rings is 2. The number of anilines is 1. The zero-order valence-corrected chi connectivity index (χ0v) is 29.2. The molecule has 50 heavy (non-hydrogen) atoms. The van der Waals surface area contributed by atoms with Crippen molar-refractivity contribution >= 4 is 29.4 Å². The van der Waals surface area contributed by atoms with Crippen LogP contribution in [-0.2, 0) is 33.4 Å². The van der Waals surface area contributed by atoms with Crippen molar-refractivity contribution in [3.63, 3.8) is 0 Å². The van der Waals surface area contributed by atoms with Crippen molar-refractivity contribution in [2.75, 3.05) is 38.3 Å². The van der Waals surface area contributed by atoms with Crippen LogP contribution in [0.1, 0.15) is 54.9 Å². The lowest BCUT2D eigenvalue weighted by molar-refractivity contribution is -0.163. The molecule has 2 aromatic rings. The first-order valence-corrected chi connectivity index (χ1v) is 17.3. The van der Waals surface area contributed by atoms with Crippen LogP contribution in [-0.4, -0.2) is 90.9 Å². The lowest BCUT2D eigenvalue weighted by atomic mass is 9.70. The van der Waals surface area contributed by atoms with E-state index in [9.17, 15) is 24.3 Å². The number of aryl methyl sites for hydroxylation is 2. The van der Waals surface area contributed by atoms with E-state index in [0.717, 1.165) is 11.1 Å². The van der Waals surface area contributed by atoms with Gasteiger partial charge in [0.05, 0.1) is 30.6 Å². The molecule has 11 nitrogen and oxygen atoms in total. The van der Waals surface area contributed by atoms with Crippen LogP contribution in [0.25, 0.3) is 0 Å². The number of amides is 3. The molecule has 0 radical (unpaired) electrons. The Hall–Kier alpha value is -4.32. The Morgan fingerprint density at radius 3 is 2.60 bits per heavy atom. The van der Waals surface area contributed by atoms with Crippen molar-refractivity contribution < 1.29 is 38.5 Å². The number of hydrogen-bond donors (Lipinski definition) is 2. The first-order valence-electron chi connectivity index (χ1n) is 17.3. The minimum atomic E-state index is -1.26. The minimum absolute atomic E-state index is 0.0621. The van der Waals surface area contributed by atoms with Crippen molar-refractivity contribution in [3.8, 4) is 0 Å². The molecule has 0 unspecified atom stereocenters. The Balaban J connectivity index is 1.50. The number of aliphatic hydroxyl groups excluding tert-OH is 1. The summed E-state index contributed by atoms with van der Waals surface area (Å²) in [6, 6.07) is 13.2. The monoisotopic (exact) mass is 687 g/mol. The molecule has 5 rings (SSSR count). The van der Waals surface area contributed by atoms with E-state index in [1.165, 1.54) is 12.0 Å². The second kappa shape index (κ2) is 16.1. The summed E-state index contributed by atoms with van der Waals surface area (Å²) in [5.41, 5.74) is 1.95. The summed E-state index contributed by atoms with van der Waals surface area (Å²) in [6.07, 6.45) is 3.54. The molecule has 268 valence electrons. The van der Waals surface area contributed by atoms with Crippen LogP contribution in [0, 0.1) is 25.7 Å². The maximum atomic E-state index is 14.8. The first-order chi connectivity index (χ1) is 24.1. The van der Waals surface area contributed by atoms with Crippen molar-refractivity contribution in [3.05, 3.63) is 90.5 Å². The third-order valence-corrected chi connectivity index (χ3v) is 10.1. The number of nitrogens with one attached hydrogen (secondary N) is 1. The number of nitrogens with zero attached hydrogens (tertiary/aromatic N) is 2. The predicted molar refractivity (Wildman–Crippen MR) is 188 cm³/mol. The average molecular weight is 688 g/mol. The number of likely N-dealkylation sites (tertiary alicyclic amines) is 1. The molecular weight excluding hydrogens is 638 g/mol. The Morgan fingerprint density at radius 1 is 1.16 bits per heavy atom. The fourth-order valence-electron chi connectivity index (χ4n) is 7.90. The highest BCUT2D eigenvalue weighted by Gasteiger charge is 2.75. The highest BCUT2D eigenvalue weighted by Crippen LogP contribution is 2.59. The van der Waals surface area contributed by atoms with Gasteiger partial charge < -0.3 is 34.4 Å². The van der Waals surface area contributed by atoms with Gasteiger partial charge in [0, 0.05) is 38.9 Å². The third kappa shape index (κ3) is 7.12. The van der Waals surface area contributed by atoms with E-state index in [-0.39, 0.29) is 56.9 Å². The number of fused-ring (bicyclic) bond motifs is 1. The van der Waals surface area contributed by atoms with E-state index in [0.29, 0.717) is 30.5 Å². The van der Waals surface area contributed by atoms with Crippen LogP contribution in [0.2, 0.25) is 0 Å². The van der Waals surface area contributed by atoms with Crippen LogP contribution < -0.4 is 10.2 Å². The van der Waals surface area contributed by atoms with Gasteiger partial charge in [-0.05, 0) is 62.3 Å².